The van der Waals surface area contributed by atoms with Gasteiger partial charge in [-0.05, 0) is 74.8 Å². The van der Waals surface area contributed by atoms with Gasteiger partial charge in [0, 0.05) is 12.6 Å². The van der Waals surface area contributed by atoms with E-state index in [2.05, 4.69) is 32.4 Å². The molecule has 5 N–H and O–H groups in total. The minimum absolute atomic E-state index is 0.0283. The van der Waals surface area contributed by atoms with Crippen LogP contribution in [-0.4, -0.2) is 51.4 Å². The van der Waals surface area contributed by atoms with Gasteiger partial charge in [-0.2, -0.15) is 4.72 Å². The van der Waals surface area contributed by atoms with Gasteiger partial charge in [-0.15, -0.1) is 0 Å². The molecule has 2 heterocycles. The van der Waals surface area contributed by atoms with Crippen LogP contribution in [0, 0.1) is 5.92 Å². The molecule has 2 amide bonds. The van der Waals surface area contributed by atoms with Crippen LogP contribution in [0.25, 0.3) is 0 Å². The molecule has 2 aliphatic heterocycles. The molecule has 0 bridgehead atoms. The first-order valence-corrected chi connectivity index (χ1v) is 14.9. The Morgan fingerprint density at radius 2 is 1.84 bits per heavy atom. The number of nitrogens with zero attached hydrogens (tertiary/aromatic N) is 1. The quantitative estimate of drug-likeness (QED) is 0.366. The summed E-state index contributed by atoms with van der Waals surface area (Å²) in [5.41, 5.74) is 7.94. The Morgan fingerprint density at radius 1 is 1.08 bits per heavy atom. The smallest absolute Gasteiger partial charge is 0.241 e. The maximum absolute atomic E-state index is 13.3. The van der Waals surface area contributed by atoms with E-state index in [1.807, 2.05) is 18.2 Å². The fourth-order valence-corrected chi connectivity index (χ4v) is 6.71. The number of nitrogens with two attached hydrogens (primary N) is 1. The Kier molecular flexibility index (Phi) is 9.07. The molecule has 0 saturated carbocycles. The summed E-state index contributed by atoms with van der Waals surface area (Å²) in [4.78, 5) is 27.3. The molecule has 4 rings (SSSR count). The first-order valence-electron chi connectivity index (χ1n) is 13.5. The molecule has 10 heteroatoms. The molecule has 2 aromatic carbocycles. The van der Waals surface area contributed by atoms with Crippen molar-refractivity contribution in [1.29, 1.82) is 0 Å². The van der Waals surface area contributed by atoms with Crippen LogP contribution in [0.2, 0.25) is 0 Å². The number of anilines is 2. The lowest BCUT2D eigenvalue weighted by Gasteiger charge is -2.39. The van der Waals surface area contributed by atoms with Crippen LogP contribution in [0.15, 0.2) is 53.4 Å². The largest absolute Gasteiger partial charge is 0.368 e. The number of carbonyl (C=O) groups is 2. The van der Waals surface area contributed by atoms with E-state index in [0.717, 1.165) is 57.3 Å². The molecular weight excluding hydrogens is 502 g/mol. The van der Waals surface area contributed by atoms with Crippen LogP contribution >= 0.6 is 0 Å². The van der Waals surface area contributed by atoms with Crippen LogP contribution in [0.5, 0.6) is 0 Å². The van der Waals surface area contributed by atoms with Gasteiger partial charge in [0.25, 0.3) is 0 Å². The van der Waals surface area contributed by atoms with E-state index >= 15 is 0 Å². The van der Waals surface area contributed by atoms with E-state index in [-0.39, 0.29) is 28.8 Å². The van der Waals surface area contributed by atoms with Crippen molar-refractivity contribution in [2.75, 3.05) is 23.3 Å². The number of hydrogen-bond acceptors (Lipinski definition) is 6. The molecule has 0 spiro atoms. The summed E-state index contributed by atoms with van der Waals surface area (Å²) < 4.78 is 29.0. The van der Waals surface area contributed by atoms with Gasteiger partial charge in [0.05, 0.1) is 22.3 Å². The molecule has 2 aliphatic rings. The highest BCUT2D eigenvalue weighted by Gasteiger charge is 2.30. The highest BCUT2D eigenvalue weighted by molar-refractivity contribution is 7.89. The van der Waals surface area contributed by atoms with Crippen LogP contribution in [-0.2, 0) is 26.0 Å². The minimum atomic E-state index is -4.07. The number of rotatable bonds is 10. The topological polar surface area (TPSA) is 134 Å². The zero-order valence-electron chi connectivity index (χ0n) is 22.2. The summed E-state index contributed by atoms with van der Waals surface area (Å²) in [5, 5.41) is 6.22. The Hall–Kier alpha value is -2.95. The third-order valence-electron chi connectivity index (χ3n) is 7.42. The average Bonchev–Trinajstić information content (AvgIpc) is 3.43. The molecule has 2 saturated heterocycles. The Morgan fingerprint density at radius 3 is 2.50 bits per heavy atom. The first kappa shape index (κ1) is 28.1. The predicted octanol–water partition coefficient (Wildman–Crippen LogP) is 2.77. The zero-order chi connectivity index (χ0) is 27.3. The van der Waals surface area contributed by atoms with E-state index in [0.29, 0.717) is 5.69 Å². The van der Waals surface area contributed by atoms with Crippen LogP contribution in [0.3, 0.4) is 0 Å². The number of hydrogen-bond donors (Lipinski definition) is 4. The number of primary amides is 1. The maximum Gasteiger partial charge on any atom is 0.241 e. The summed E-state index contributed by atoms with van der Waals surface area (Å²) >= 11 is 0. The van der Waals surface area contributed by atoms with Crippen molar-refractivity contribution in [3.8, 4) is 0 Å². The van der Waals surface area contributed by atoms with Crippen molar-refractivity contribution < 1.29 is 18.0 Å². The van der Waals surface area contributed by atoms with E-state index in [4.69, 9.17) is 5.73 Å². The number of piperidine rings is 1. The fourth-order valence-electron chi connectivity index (χ4n) is 5.34. The first-order chi connectivity index (χ1) is 18.2. The van der Waals surface area contributed by atoms with Gasteiger partial charge in [0.1, 0.15) is 6.04 Å². The number of nitrogens with one attached hydrogen (secondary N) is 3. The highest BCUT2D eigenvalue weighted by Crippen LogP contribution is 2.35. The SMILES string of the molecule is CC(C)C(NS(=O)(=O)c1ccc(N2CCCCC2Cc2ccccc2)c(NC(=O)C2CCCN2)c1)C(N)=O. The van der Waals surface area contributed by atoms with Crippen molar-refractivity contribution >= 4 is 33.2 Å². The second kappa shape index (κ2) is 12.3. The number of benzene rings is 2. The summed E-state index contributed by atoms with van der Waals surface area (Å²) in [6, 6.07) is 14.0. The van der Waals surface area contributed by atoms with E-state index in [1.165, 1.54) is 17.7 Å². The molecule has 38 heavy (non-hydrogen) atoms. The second-order valence-electron chi connectivity index (χ2n) is 10.6. The monoisotopic (exact) mass is 541 g/mol. The lowest BCUT2D eigenvalue weighted by atomic mass is 9.94. The van der Waals surface area contributed by atoms with E-state index < -0.39 is 22.0 Å². The van der Waals surface area contributed by atoms with E-state index in [9.17, 15) is 18.0 Å². The Bertz CT molecular complexity index is 1230. The maximum atomic E-state index is 13.3. The Balaban J connectivity index is 1.69. The number of carbonyl (C=O) groups excluding carboxylic acids is 2. The lowest BCUT2D eigenvalue weighted by molar-refractivity contribution is -0.120. The second-order valence-corrected chi connectivity index (χ2v) is 12.3. The molecule has 206 valence electrons. The summed E-state index contributed by atoms with van der Waals surface area (Å²) in [6.07, 6.45) is 5.63. The molecular formula is C28H39N5O4S. The molecule has 9 nitrogen and oxygen atoms in total. The molecule has 2 aromatic rings. The molecule has 3 unspecified atom stereocenters. The van der Waals surface area contributed by atoms with Gasteiger partial charge in [0.2, 0.25) is 21.8 Å². The van der Waals surface area contributed by atoms with Crippen molar-refractivity contribution in [3.63, 3.8) is 0 Å². The summed E-state index contributed by atoms with van der Waals surface area (Å²) in [5.74, 6) is -1.24. The number of amides is 2. The van der Waals surface area contributed by atoms with E-state index in [1.54, 1.807) is 19.9 Å². The molecule has 3 atom stereocenters. The summed E-state index contributed by atoms with van der Waals surface area (Å²) in [7, 11) is -4.07. The molecule has 0 aromatic heterocycles. The standard InChI is InChI=1S/C28H39N5O4S/c1-19(2)26(27(29)34)32-38(36,37)22-13-14-25(24(18-22)31-28(35)23-12-8-15-30-23)33-16-7-6-11-21(33)17-20-9-4-3-5-10-20/h3-5,9-10,13-14,18-19,21,23,26,30,32H,6-8,11-12,15-17H2,1-2H3,(H2,29,34)(H,31,35). The van der Waals surface area contributed by atoms with Crippen molar-refractivity contribution in [3.05, 3.63) is 54.1 Å². The van der Waals surface area contributed by atoms with Crippen LogP contribution < -0.4 is 26.0 Å². The van der Waals surface area contributed by atoms with Crippen molar-refractivity contribution in [2.45, 2.75) is 75.4 Å². The summed E-state index contributed by atoms with van der Waals surface area (Å²) in [6.45, 7) is 5.04. The lowest BCUT2D eigenvalue weighted by Crippen LogP contribution is -2.47. The third-order valence-corrected chi connectivity index (χ3v) is 8.86. The number of sulfonamides is 1. The predicted molar refractivity (Wildman–Crippen MR) is 149 cm³/mol. The zero-order valence-corrected chi connectivity index (χ0v) is 23.0. The average molecular weight is 542 g/mol. The van der Waals surface area contributed by atoms with Gasteiger partial charge in [0.15, 0.2) is 0 Å². The van der Waals surface area contributed by atoms with Crippen molar-refractivity contribution in [1.82, 2.24) is 10.0 Å². The molecule has 0 radical (unpaired) electrons. The molecule has 2 fully saturated rings. The molecule has 0 aliphatic carbocycles. The van der Waals surface area contributed by atoms with Crippen molar-refractivity contribution in [2.24, 2.45) is 11.7 Å². The van der Waals surface area contributed by atoms with Gasteiger partial charge in [-0.25, -0.2) is 8.42 Å². The van der Waals surface area contributed by atoms with Crippen LogP contribution in [0.1, 0.15) is 51.5 Å². The highest BCUT2D eigenvalue weighted by atomic mass is 32.2. The van der Waals surface area contributed by atoms with Gasteiger partial charge >= 0.3 is 0 Å². The van der Waals surface area contributed by atoms with Gasteiger partial charge in [-0.3, -0.25) is 9.59 Å². The van der Waals surface area contributed by atoms with Gasteiger partial charge < -0.3 is 21.3 Å². The van der Waals surface area contributed by atoms with Crippen LogP contribution in [0.4, 0.5) is 11.4 Å². The minimum Gasteiger partial charge on any atom is -0.368 e. The normalized spacial score (nSPS) is 20.9. The fraction of sp³-hybridized carbons (Fsp3) is 0.500. The van der Waals surface area contributed by atoms with Gasteiger partial charge in [-0.1, -0.05) is 44.2 Å². The third kappa shape index (κ3) is 6.73. The Labute approximate surface area is 225 Å².